The quantitative estimate of drug-likeness (QED) is 0.0664. The van der Waals surface area contributed by atoms with Gasteiger partial charge in [0.25, 0.3) is 0 Å². The molecule has 72 heavy (non-hydrogen) atoms. The van der Waals surface area contributed by atoms with Crippen LogP contribution in [0.3, 0.4) is 0 Å². The van der Waals surface area contributed by atoms with E-state index in [1.54, 1.807) is 37.5 Å². The summed E-state index contributed by atoms with van der Waals surface area (Å²) in [5.41, 5.74) is 1.29. The van der Waals surface area contributed by atoms with Crippen molar-refractivity contribution < 1.29 is 38.2 Å². The first-order valence-corrected chi connectivity index (χ1v) is 29.2. The highest BCUT2D eigenvalue weighted by Gasteiger charge is 2.58. The van der Waals surface area contributed by atoms with Crippen LogP contribution in [0, 0.1) is 40.4 Å². The van der Waals surface area contributed by atoms with E-state index in [2.05, 4.69) is 61.1 Å². The molecule has 2 aromatic rings. The van der Waals surface area contributed by atoms with E-state index in [0.29, 0.717) is 52.1 Å². The molecular weight excluding hydrogens is 945 g/mol. The highest BCUT2D eigenvalue weighted by molar-refractivity contribution is 8.00. The Hall–Kier alpha value is -3.56. The van der Waals surface area contributed by atoms with Crippen LogP contribution in [0.5, 0.6) is 0 Å². The van der Waals surface area contributed by atoms with Crippen molar-refractivity contribution in [3.63, 3.8) is 0 Å². The zero-order valence-electron chi connectivity index (χ0n) is 44.5. The summed E-state index contributed by atoms with van der Waals surface area (Å²) in [6, 6.07) is 18.1. The minimum atomic E-state index is -0.591. The van der Waals surface area contributed by atoms with Gasteiger partial charge >= 0.3 is 0 Å². The molecule has 14 heteroatoms. The zero-order chi connectivity index (χ0) is 52.0. The number of thioether (sulfide) groups is 2. The lowest BCUT2D eigenvalue weighted by Crippen LogP contribution is -2.51. The number of unbranched alkanes of at least 4 members (excludes halogenated alkanes) is 5. The van der Waals surface area contributed by atoms with Crippen molar-refractivity contribution in [1.82, 2.24) is 21.3 Å². The lowest BCUT2D eigenvalue weighted by molar-refractivity contribution is -0.138. The molecule has 2 heterocycles. The van der Waals surface area contributed by atoms with Gasteiger partial charge < -0.3 is 30.7 Å². The van der Waals surface area contributed by atoms with Gasteiger partial charge in [-0.15, -0.1) is 0 Å². The number of fused-ring (bicyclic) bond motifs is 2. The Bertz CT molecular complexity index is 1960. The third-order valence-electron chi connectivity index (χ3n) is 16.3. The molecule has 0 bridgehead atoms. The van der Waals surface area contributed by atoms with Gasteiger partial charge in [-0.1, -0.05) is 128 Å². The number of hydrogen-bond acceptors (Lipinski definition) is 11. The van der Waals surface area contributed by atoms with Crippen molar-refractivity contribution in [3.05, 3.63) is 71.8 Å². The number of ether oxygens (including phenoxy) is 2. The van der Waals surface area contributed by atoms with Gasteiger partial charge in [-0.2, -0.15) is 23.5 Å². The average molecular weight is 1030 g/mol. The van der Waals surface area contributed by atoms with E-state index >= 15 is 0 Å². The number of carbonyl (C=O) groups is 6. The number of rotatable bonds is 26. The second-order valence-corrected chi connectivity index (χ2v) is 25.3. The van der Waals surface area contributed by atoms with E-state index < -0.39 is 47.2 Å². The van der Waals surface area contributed by atoms with Crippen LogP contribution < -0.4 is 21.3 Å². The monoisotopic (exact) mass is 1030 g/mol. The maximum atomic E-state index is 14.5. The molecule has 4 N–H and O–H groups in total. The van der Waals surface area contributed by atoms with E-state index in [-0.39, 0.29) is 68.9 Å². The van der Waals surface area contributed by atoms with Crippen molar-refractivity contribution >= 4 is 58.6 Å². The lowest BCUT2D eigenvalue weighted by Gasteiger charge is -2.32. The van der Waals surface area contributed by atoms with E-state index in [1.165, 1.54) is 0 Å². The van der Waals surface area contributed by atoms with Crippen LogP contribution in [0.15, 0.2) is 60.7 Å². The van der Waals surface area contributed by atoms with Gasteiger partial charge in [0.15, 0.2) is 11.6 Å². The molecule has 2 aliphatic carbocycles. The first-order chi connectivity index (χ1) is 34.5. The molecule has 4 fully saturated rings. The first-order valence-electron chi connectivity index (χ1n) is 27.1. The minimum Gasteiger partial charge on any atom is -0.381 e. The Morgan fingerprint density at radius 2 is 1.15 bits per heavy atom. The summed E-state index contributed by atoms with van der Waals surface area (Å²) in [6.07, 6.45) is 9.75. The van der Waals surface area contributed by atoms with E-state index in [0.717, 1.165) is 74.0 Å². The highest BCUT2D eigenvalue weighted by Crippen LogP contribution is 2.55. The molecule has 2 saturated heterocycles. The maximum absolute atomic E-state index is 14.5. The van der Waals surface area contributed by atoms with Crippen molar-refractivity contribution in [3.8, 4) is 0 Å². The molecule has 0 radical (unpaired) electrons. The molecule has 2 aliphatic heterocycles. The SMILES string of the molecule is CC[C@@H](C)C(=O)N[C@H]1CCS[C@H]2CC(C)(C)[C@@H](C(=O)N[C@H](COCCCCCCCCOC[C@@H](CC(=O)[C@H]3C4C(=O)[C@@H](NC(=O)[C@H](C)NC)CCS[C@H]4CC3(C)C)c3ccccc3)c3ccccc3)C2C1=O. The van der Waals surface area contributed by atoms with Crippen LogP contribution >= 0.6 is 23.5 Å². The van der Waals surface area contributed by atoms with Crippen LogP contribution in [0.2, 0.25) is 0 Å². The Kier molecular flexibility index (Phi) is 21.9. The second kappa shape index (κ2) is 27.3. The molecule has 6 rings (SSSR count). The Morgan fingerprint density at radius 3 is 1.69 bits per heavy atom. The molecular formula is C58H86N4O8S2. The van der Waals surface area contributed by atoms with Crippen molar-refractivity contribution in [2.24, 2.45) is 40.4 Å². The standard InChI is InChI=1S/C58H86N4O8S2/c1-9-37(2)54(66)60-42-26-30-72-47-34-58(6,7)51(49(47)53(42)65)56(68)62-44(40-24-18-15-19-25-40)36-70-29-21-13-11-10-12-20-28-69-35-41(39-22-16-14-17-23-39)32-45(63)50-48-46(33-57(50,4)5)71-31-27-43(52(48)64)61-55(67)38(3)59-8/h14-19,22-25,37-38,41-44,46-51,59H,9-13,20-21,26-36H2,1-8H3,(H,60,66)(H,61,67)(H,62,68)/t37-,38+,41-,42+,43+,44-,46+,47+,48?,49?,50+,51-/m1/s1. The van der Waals surface area contributed by atoms with E-state index in [4.69, 9.17) is 9.47 Å². The topological polar surface area (TPSA) is 169 Å². The molecule has 12 nitrogen and oxygen atoms in total. The van der Waals surface area contributed by atoms with Gasteiger partial charge in [-0.3, -0.25) is 28.8 Å². The van der Waals surface area contributed by atoms with Crippen LogP contribution in [-0.2, 0) is 38.2 Å². The summed E-state index contributed by atoms with van der Waals surface area (Å²) >= 11 is 3.55. The molecule has 2 aromatic carbocycles. The Morgan fingerprint density at radius 1 is 0.667 bits per heavy atom. The van der Waals surface area contributed by atoms with Crippen molar-refractivity contribution in [2.45, 2.75) is 166 Å². The predicted octanol–water partition coefficient (Wildman–Crippen LogP) is 9.06. The summed E-state index contributed by atoms with van der Waals surface area (Å²) in [5.74, 6) is -0.931. The van der Waals surface area contributed by atoms with Gasteiger partial charge in [0.1, 0.15) is 5.78 Å². The maximum Gasteiger partial charge on any atom is 0.237 e. The van der Waals surface area contributed by atoms with Crippen LogP contribution in [0.1, 0.15) is 149 Å². The summed E-state index contributed by atoms with van der Waals surface area (Å²) < 4.78 is 12.6. The van der Waals surface area contributed by atoms with Crippen molar-refractivity contribution in [1.29, 1.82) is 0 Å². The average Bonchev–Trinajstić information content (AvgIpc) is 3.68. The van der Waals surface area contributed by atoms with Crippen molar-refractivity contribution in [2.75, 3.05) is 45.0 Å². The predicted molar refractivity (Wildman–Crippen MR) is 290 cm³/mol. The molecule has 3 amide bonds. The van der Waals surface area contributed by atoms with Crippen LogP contribution in [-0.4, -0.2) is 109 Å². The second-order valence-electron chi connectivity index (χ2n) is 22.6. The summed E-state index contributed by atoms with van der Waals surface area (Å²) in [5, 5.41) is 12.4. The summed E-state index contributed by atoms with van der Waals surface area (Å²) in [7, 11) is 1.73. The fraction of sp³-hybridized carbons (Fsp3) is 0.690. The van der Waals surface area contributed by atoms with E-state index in [9.17, 15) is 28.8 Å². The Labute approximate surface area is 439 Å². The fourth-order valence-corrected chi connectivity index (χ4v) is 15.3. The largest absolute Gasteiger partial charge is 0.381 e. The summed E-state index contributed by atoms with van der Waals surface area (Å²) in [4.78, 5) is 83.1. The lowest BCUT2D eigenvalue weighted by atomic mass is 9.72. The number of ketones is 3. The van der Waals surface area contributed by atoms with Crippen LogP contribution in [0.25, 0.3) is 0 Å². The van der Waals surface area contributed by atoms with E-state index in [1.807, 2.05) is 62.4 Å². The molecule has 398 valence electrons. The number of hydrogen-bond donors (Lipinski definition) is 4. The van der Waals surface area contributed by atoms with Gasteiger partial charge in [0, 0.05) is 59.7 Å². The Balaban J connectivity index is 0.936. The minimum absolute atomic E-state index is 0.000226. The molecule has 0 spiro atoms. The summed E-state index contributed by atoms with van der Waals surface area (Å²) in [6.45, 7) is 16.0. The molecule has 12 atom stereocenters. The molecule has 2 unspecified atom stereocenters. The number of nitrogens with one attached hydrogen (secondary N) is 4. The number of benzene rings is 2. The van der Waals surface area contributed by atoms with Gasteiger partial charge in [-0.05, 0) is 92.4 Å². The molecule has 2 saturated carbocycles. The number of likely N-dealkylation sites (N-methyl/N-ethyl adjacent to an activating group) is 1. The fourth-order valence-electron chi connectivity index (χ4n) is 11.8. The van der Waals surface area contributed by atoms with Crippen LogP contribution in [0.4, 0.5) is 0 Å². The number of amides is 3. The normalized spacial score (nSPS) is 27.3. The smallest absolute Gasteiger partial charge is 0.237 e. The molecule has 4 aliphatic rings. The highest BCUT2D eigenvalue weighted by atomic mass is 32.2. The number of carbonyl (C=O) groups excluding carboxylic acids is 6. The zero-order valence-corrected chi connectivity index (χ0v) is 46.1. The third kappa shape index (κ3) is 15.1. The van der Waals surface area contributed by atoms with Gasteiger partial charge in [0.05, 0.1) is 43.3 Å². The third-order valence-corrected chi connectivity index (χ3v) is 19.0. The number of Topliss-reactive ketones (excluding diaryl/α,β-unsaturated/α-hetero) is 3. The van der Waals surface area contributed by atoms with Gasteiger partial charge in [0.2, 0.25) is 17.7 Å². The molecule has 0 aromatic heterocycles. The first kappa shape index (κ1) is 57.7. The van der Waals surface area contributed by atoms with Gasteiger partial charge in [-0.25, -0.2) is 0 Å².